The Morgan fingerprint density at radius 1 is 0.414 bits per heavy atom. The van der Waals surface area contributed by atoms with Gasteiger partial charge in [-0.05, 0) is 227 Å². The molecule has 2 nitrogen and oxygen atoms in total. The monoisotopic (exact) mass is 1160 g/mol. The number of alkyl halides is 6. The number of hydrogen-bond acceptors (Lipinski definition) is 2. The first-order valence-corrected chi connectivity index (χ1v) is 30.4. The molecular weight excluding hydrogens is 1090 g/mol. The molecule has 14 rings (SSSR count). The summed E-state index contributed by atoms with van der Waals surface area (Å²) in [4.78, 5) is 0. The lowest BCUT2D eigenvalue weighted by molar-refractivity contribution is -0.140. The summed E-state index contributed by atoms with van der Waals surface area (Å²) in [5.74, 6) is -0.273. The summed E-state index contributed by atoms with van der Waals surface area (Å²) in [6.45, 7) is 12.5. The van der Waals surface area contributed by atoms with E-state index in [-0.39, 0.29) is 22.7 Å². The molecule has 1 spiro atoms. The third-order valence-electron chi connectivity index (χ3n) is 20.0. The summed E-state index contributed by atoms with van der Waals surface area (Å²) in [7, 11) is 0. The van der Waals surface area contributed by atoms with Crippen molar-refractivity contribution < 1.29 is 35.8 Å². The molecule has 0 saturated carbocycles. The quantitative estimate of drug-likeness (QED) is 0.107. The van der Waals surface area contributed by atoms with Gasteiger partial charge in [-0.15, -0.1) is 0 Å². The van der Waals surface area contributed by atoms with E-state index in [1.165, 1.54) is 68.3 Å². The van der Waals surface area contributed by atoms with Crippen molar-refractivity contribution in [1.82, 2.24) is 0 Å². The van der Waals surface area contributed by atoms with Gasteiger partial charge in [0.1, 0.15) is 22.8 Å². The molecule has 0 aromatic heterocycles. The van der Waals surface area contributed by atoms with Crippen LogP contribution in [0, 0.1) is 0 Å². The minimum Gasteiger partial charge on any atom is -0.487 e. The zero-order chi connectivity index (χ0) is 60.4. The number of hydrogen-bond donors (Lipinski definition) is 0. The molecule has 434 valence electrons. The molecule has 0 unspecified atom stereocenters. The van der Waals surface area contributed by atoms with E-state index in [9.17, 15) is 13.2 Å². The maximum absolute atomic E-state index is 15.4. The van der Waals surface area contributed by atoms with Gasteiger partial charge < -0.3 is 9.47 Å². The van der Waals surface area contributed by atoms with E-state index in [2.05, 4.69) is 130 Å². The Morgan fingerprint density at radius 2 is 0.897 bits per heavy atom. The van der Waals surface area contributed by atoms with Crippen LogP contribution in [-0.4, -0.2) is 5.60 Å². The minimum atomic E-state index is -4.77. The fourth-order valence-electron chi connectivity index (χ4n) is 14.4. The molecule has 0 radical (unpaired) electrons. The third-order valence-corrected chi connectivity index (χ3v) is 20.0. The molecule has 0 heterocycles. The number of allylic oxidation sites excluding steroid dienone is 4. The van der Waals surface area contributed by atoms with Crippen LogP contribution in [0.15, 0.2) is 206 Å². The Kier molecular flexibility index (Phi) is 13.3. The van der Waals surface area contributed by atoms with Gasteiger partial charge >= 0.3 is 12.4 Å². The fraction of sp³-hybridized carbons (Fsp3) is 0.215. The zero-order valence-corrected chi connectivity index (χ0v) is 49.5. The van der Waals surface area contributed by atoms with E-state index in [0.29, 0.717) is 47.9 Å². The lowest BCUT2D eigenvalue weighted by Gasteiger charge is -2.31. The predicted molar refractivity (Wildman–Crippen MR) is 340 cm³/mol. The summed E-state index contributed by atoms with van der Waals surface area (Å²) in [6.07, 6.45) is -1.24. The lowest BCUT2D eigenvalue weighted by atomic mass is 9.70. The molecule has 0 N–H and O–H groups in total. The Morgan fingerprint density at radius 3 is 1.49 bits per heavy atom. The molecule has 87 heavy (non-hydrogen) atoms. The predicted octanol–water partition coefficient (Wildman–Crippen LogP) is 22.6. The Hall–Kier alpha value is -8.88. The van der Waals surface area contributed by atoms with Crippen LogP contribution in [0.2, 0.25) is 0 Å². The van der Waals surface area contributed by atoms with Crippen molar-refractivity contribution in [3.63, 3.8) is 0 Å². The Bertz CT molecular complexity index is 4440. The number of ether oxygens (including phenoxy) is 2. The number of benzene rings is 10. The first-order chi connectivity index (χ1) is 41.9. The highest BCUT2D eigenvalue weighted by molar-refractivity contribution is 6.17. The minimum absolute atomic E-state index is 0.115. The van der Waals surface area contributed by atoms with Crippen molar-refractivity contribution in [2.45, 2.75) is 109 Å². The van der Waals surface area contributed by atoms with Crippen molar-refractivity contribution >= 4 is 21.9 Å². The molecule has 8 heteroatoms. The van der Waals surface area contributed by atoms with Crippen molar-refractivity contribution in [2.75, 3.05) is 0 Å². The fourth-order valence-corrected chi connectivity index (χ4v) is 14.4. The number of halogens is 6. The van der Waals surface area contributed by atoms with E-state index in [0.717, 1.165) is 74.2 Å². The largest absolute Gasteiger partial charge is 0.487 e. The highest BCUT2D eigenvalue weighted by atomic mass is 19.4. The van der Waals surface area contributed by atoms with Crippen molar-refractivity contribution in [3.8, 4) is 72.9 Å². The van der Waals surface area contributed by atoms with E-state index in [1.807, 2.05) is 69.3 Å². The van der Waals surface area contributed by atoms with E-state index >= 15 is 13.2 Å². The van der Waals surface area contributed by atoms with Crippen LogP contribution in [-0.2, 0) is 36.0 Å². The molecule has 4 aliphatic carbocycles. The van der Waals surface area contributed by atoms with Crippen molar-refractivity contribution in [1.29, 1.82) is 0 Å². The summed E-state index contributed by atoms with van der Waals surface area (Å²) in [5, 5.41) is 1.65. The SMILES string of the molecule is CCC(C)(CC)Oc1ccc(C2=CCc3ccc4c(-c5ccc(Oc6ccc(-c7ccc8c(c7)C7(c9ccccc9-c9ccccc97)c7cc(-c9ccc(C(C)(CC)CC)cc9)ccc7-8)cc6)c(C(F)(F)F)c5)ccc5c4c3C2=CC5)cc1C(F)(F)F. The summed E-state index contributed by atoms with van der Waals surface area (Å²) >= 11 is 0. The number of rotatable bonds is 13. The molecule has 4 aliphatic rings. The molecule has 0 bridgehead atoms. The van der Waals surface area contributed by atoms with Crippen LogP contribution in [0.5, 0.6) is 17.2 Å². The average Bonchev–Trinajstić information content (AvgIpc) is 1.53. The highest BCUT2D eigenvalue weighted by Gasteiger charge is 2.52. The van der Waals surface area contributed by atoms with Crippen LogP contribution >= 0.6 is 0 Å². The maximum Gasteiger partial charge on any atom is 0.420 e. The molecule has 0 atom stereocenters. The second-order valence-electron chi connectivity index (χ2n) is 24.4. The normalized spacial score (nSPS) is 14.5. The topological polar surface area (TPSA) is 18.5 Å². The molecule has 10 aromatic rings. The number of fused-ring (bicyclic) bond motifs is 10. The highest BCUT2D eigenvalue weighted by Crippen LogP contribution is 2.64. The Labute approximate surface area is 504 Å². The summed E-state index contributed by atoms with van der Waals surface area (Å²) < 4.78 is 103. The Balaban J connectivity index is 0.779. The van der Waals surface area contributed by atoms with Crippen LogP contribution in [0.1, 0.15) is 128 Å². The summed E-state index contributed by atoms with van der Waals surface area (Å²) in [5.41, 5.74) is 17.9. The van der Waals surface area contributed by atoms with Gasteiger partial charge in [0.25, 0.3) is 0 Å². The average molecular weight is 1160 g/mol. The van der Waals surface area contributed by atoms with E-state index in [4.69, 9.17) is 9.47 Å². The molecule has 0 saturated heterocycles. The second-order valence-corrected chi connectivity index (χ2v) is 24.4. The van der Waals surface area contributed by atoms with Crippen molar-refractivity contribution in [2.24, 2.45) is 0 Å². The van der Waals surface area contributed by atoms with Gasteiger partial charge in [-0.3, -0.25) is 0 Å². The van der Waals surface area contributed by atoms with Crippen LogP contribution in [0.25, 0.3) is 77.6 Å². The molecule has 0 aliphatic heterocycles. The van der Waals surface area contributed by atoms with Crippen LogP contribution < -0.4 is 9.47 Å². The first-order valence-electron chi connectivity index (χ1n) is 30.4. The molecule has 10 aromatic carbocycles. The molecule has 0 amide bonds. The van der Waals surface area contributed by atoms with Gasteiger partial charge in [0.05, 0.1) is 16.5 Å². The molecular formula is C79H64F6O2. The van der Waals surface area contributed by atoms with Gasteiger partial charge in [-0.1, -0.05) is 192 Å². The summed E-state index contributed by atoms with van der Waals surface area (Å²) in [6, 6.07) is 63.7. The van der Waals surface area contributed by atoms with E-state index in [1.54, 1.807) is 24.3 Å². The molecule has 0 fully saturated rings. The lowest BCUT2D eigenvalue weighted by Crippen LogP contribution is -2.31. The standard InChI is InChI=1S/C79H64F6O2/c1-7-75(5,8-2)55-31-19-47(20-32-55)51-27-37-61-62-38-28-52(44-68(62)77(67(61)43-51)65-17-13-11-15-59(65)60-16-12-14-18-66(60)77)48-21-33-56(34-22-48)86-71-41-29-53(45-69(71)78(80,81)82)57-35-23-49-26-40-64-58(36-24-50-25-39-63(57)73(49)74(50)64)54-30-42-72(70(46-54)79(83,84)85)87-76(6,9-3)10-4/h11-23,25,27-46H,7-10,24,26H2,1-6H3. The van der Waals surface area contributed by atoms with Gasteiger partial charge in [0.15, 0.2) is 0 Å². The first kappa shape index (κ1) is 56.0. The van der Waals surface area contributed by atoms with Gasteiger partial charge in [-0.2, -0.15) is 26.3 Å². The maximum atomic E-state index is 15.4. The van der Waals surface area contributed by atoms with Crippen LogP contribution in [0.4, 0.5) is 26.3 Å². The van der Waals surface area contributed by atoms with Gasteiger partial charge in [0.2, 0.25) is 0 Å². The van der Waals surface area contributed by atoms with Crippen LogP contribution in [0.3, 0.4) is 0 Å². The van der Waals surface area contributed by atoms with Gasteiger partial charge in [-0.25, -0.2) is 0 Å². The third kappa shape index (κ3) is 8.98. The zero-order valence-electron chi connectivity index (χ0n) is 49.5. The smallest absolute Gasteiger partial charge is 0.420 e. The second kappa shape index (κ2) is 20.6. The van der Waals surface area contributed by atoms with E-state index < -0.39 is 34.5 Å². The van der Waals surface area contributed by atoms with Crippen molar-refractivity contribution in [3.05, 3.63) is 267 Å². The van der Waals surface area contributed by atoms with Gasteiger partial charge in [0, 0.05) is 0 Å².